The zero-order chi connectivity index (χ0) is 13.6. The Morgan fingerprint density at radius 3 is 2.16 bits per heavy atom. The maximum Gasteiger partial charge on any atom is 0.113 e. The lowest BCUT2D eigenvalue weighted by Gasteiger charge is -2.06. The minimum atomic E-state index is 0.926. The van der Waals surface area contributed by atoms with E-state index in [2.05, 4.69) is 41.3 Å². The summed E-state index contributed by atoms with van der Waals surface area (Å²) in [4.78, 5) is 4.39. The number of hydrogen-bond donors (Lipinski definition) is 0. The molecule has 96 valence electrons. The molecule has 19 heavy (non-hydrogen) atoms. The average molecular weight is 252 g/mol. The number of nitrogens with zero attached hydrogens (tertiary/aromatic N) is 4. The van der Waals surface area contributed by atoms with Gasteiger partial charge >= 0.3 is 0 Å². The van der Waals surface area contributed by atoms with Gasteiger partial charge < -0.3 is 0 Å². The fourth-order valence-corrected chi connectivity index (χ4v) is 2.30. The molecule has 4 nitrogen and oxygen atoms in total. The Bertz CT molecular complexity index is 751. The molecule has 4 heteroatoms. The molecule has 3 rings (SSSR count). The molecule has 0 amide bonds. The molecule has 0 N–H and O–H groups in total. The zero-order valence-corrected chi connectivity index (χ0v) is 11.6. The van der Waals surface area contributed by atoms with Gasteiger partial charge in [-0.15, -0.1) is 5.10 Å². The summed E-state index contributed by atoms with van der Waals surface area (Å²) in [6, 6.07) is 8.26. The molecule has 0 spiro atoms. The van der Waals surface area contributed by atoms with Gasteiger partial charge in [-0.25, -0.2) is 4.68 Å². The van der Waals surface area contributed by atoms with Gasteiger partial charge in [-0.3, -0.25) is 4.98 Å². The Balaban J connectivity index is 2.28. The first-order chi connectivity index (χ1) is 9.04. The van der Waals surface area contributed by atoms with E-state index in [0.29, 0.717) is 0 Å². The van der Waals surface area contributed by atoms with Crippen molar-refractivity contribution in [3.05, 3.63) is 46.8 Å². The average Bonchev–Trinajstić information content (AvgIpc) is 2.71. The second kappa shape index (κ2) is 4.16. The molecule has 0 aliphatic rings. The quantitative estimate of drug-likeness (QED) is 0.668. The van der Waals surface area contributed by atoms with Gasteiger partial charge in [-0.1, -0.05) is 5.21 Å². The van der Waals surface area contributed by atoms with Crippen LogP contribution in [0, 0.1) is 27.7 Å². The number of benzene rings is 1. The lowest BCUT2D eigenvalue weighted by Crippen LogP contribution is -1.99. The van der Waals surface area contributed by atoms with Crippen molar-refractivity contribution in [3.8, 4) is 5.69 Å². The fraction of sp³-hybridized carbons (Fsp3) is 0.267. The first-order valence-electron chi connectivity index (χ1n) is 6.33. The Kier molecular flexibility index (Phi) is 2.59. The molecule has 0 unspecified atom stereocenters. The van der Waals surface area contributed by atoms with Crippen molar-refractivity contribution in [1.82, 2.24) is 20.0 Å². The third-order valence-electron chi connectivity index (χ3n) is 3.37. The second-order valence-corrected chi connectivity index (χ2v) is 5.03. The standard InChI is InChI=1S/C15H16N4/c1-9-5-14-15(6-10(9)2)19(18-17-14)13-7-11(3)16-12(4)8-13/h5-8H,1-4H3. The van der Waals surface area contributed by atoms with E-state index in [4.69, 9.17) is 0 Å². The molecule has 0 atom stereocenters. The SMILES string of the molecule is Cc1cc(-n2nnc3cc(C)c(C)cc32)cc(C)n1. The number of pyridine rings is 1. The van der Waals surface area contributed by atoms with Crippen LogP contribution in [-0.2, 0) is 0 Å². The summed E-state index contributed by atoms with van der Waals surface area (Å²) >= 11 is 0. The van der Waals surface area contributed by atoms with E-state index in [1.165, 1.54) is 11.1 Å². The van der Waals surface area contributed by atoms with Gasteiger partial charge in [0.25, 0.3) is 0 Å². The fourth-order valence-electron chi connectivity index (χ4n) is 2.30. The van der Waals surface area contributed by atoms with E-state index in [1.807, 2.05) is 30.7 Å². The summed E-state index contributed by atoms with van der Waals surface area (Å²) in [5.41, 5.74) is 7.43. The molecule has 2 aromatic heterocycles. The van der Waals surface area contributed by atoms with Crippen LogP contribution in [0.1, 0.15) is 22.5 Å². The van der Waals surface area contributed by atoms with Gasteiger partial charge in [0.1, 0.15) is 5.52 Å². The van der Waals surface area contributed by atoms with Crippen molar-refractivity contribution in [1.29, 1.82) is 0 Å². The van der Waals surface area contributed by atoms with Crippen LogP contribution in [0.5, 0.6) is 0 Å². The summed E-state index contributed by atoms with van der Waals surface area (Å²) in [7, 11) is 0. The largest absolute Gasteiger partial charge is 0.258 e. The van der Waals surface area contributed by atoms with Crippen LogP contribution in [-0.4, -0.2) is 20.0 Å². The number of fused-ring (bicyclic) bond motifs is 1. The predicted octanol–water partition coefficient (Wildman–Crippen LogP) is 3.05. The first-order valence-corrected chi connectivity index (χ1v) is 6.33. The van der Waals surface area contributed by atoms with E-state index >= 15 is 0 Å². The Hall–Kier alpha value is -2.23. The van der Waals surface area contributed by atoms with Crippen molar-refractivity contribution in [2.24, 2.45) is 0 Å². The van der Waals surface area contributed by atoms with E-state index in [-0.39, 0.29) is 0 Å². The molecular formula is C15H16N4. The number of aryl methyl sites for hydroxylation is 4. The molecule has 0 fully saturated rings. The summed E-state index contributed by atoms with van der Waals surface area (Å²) < 4.78 is 1.88. The van der Waals surface area contributed by atoms with Crippen LogP contribution in [0.4, 0.5) is 0 Å². The smallest absolute Gasteiger partial charge is 0.113 e. The lowest BCUT2D eigenvalue weighted by atomic mass is 10.1. The van der Waals surface area contributed by atoms with Crippen LogP contribution in [0.25, 0.3) is 16.7 Å². The molecule has 0 radical (unpaired) electrons. The van der Waals surface area contributed by atoms with Crippen molar-refractivity contribution in [2.45, 2.75) is 27.7 Å². The van der Waals surface area contributed by atoms with Crippen molar-refractivity contribution in [2.75, 3.05) is 0 Å². The van der Waals surface area contributed by atoms with Crippen LogP contribution in [0.3, 0.4) is 0 Å². The van der Waals surface area contributed by atoms with E-state index in [0.717, 1.165) is 28.1 Å². The highest BCUT2D eigenvalue weighted by Crippen LogP contribution is 2.20. The summed E-state index contributed by atoms with van der Waals surface area (Å²) in [6.07, 6.45) is 0. The monoisotopic (exact) mass is 252 g/mol. The zero-order valence-electron chi connectivity index (χ0n) is 11.6. The second-order valence-electron chi connectivity index (χ2n) is 5.03. The Morgan fingerprint density at radius 2 is 1.47 bits per heavy atom. The third kappa shape index (κ3) is 1.99. The number of hydrogen-bond acceptors (Lipinski definition) is 3. The highest BCUT2D eigenvalue weighted by atomic mass is 15.4. The molecule has 0 aliphatic carbocycles. The predicted molar refractivity (Wildman–Crippen MR) is 75.6 cm³/mol. The van der Waals surface area contributed by atoms with Crippen molar-refractivity contribution >= 4 is 11.0 Å². The summed E-state index contributed by atoms with van der Waals surface area (Å²) in [5, 5.41) is 8.52. The molecule has 0 saturated heterocycles. The van der Waals surface area contributed by atoms with Gasteiger partial charge in [-0.05, 0) is 63.1 Å². The maximum absolute atomic E-state index is 4.39. The number of rotatable bonds is 1. The van der Waals surface area contributed by atoms with Crippen LogP contribution in [0.15, 0.2) is 24.3 Å². The Morgan fingerprint density at radius 1 is 0.842 bits per heavy atom. The third-order valence-corrected chi connectivity index (χ3v) is 3.37. The molecule has 0 saturated carbocycles. The molecule has 1 aromatic carbocycles. The van der Waals surface area contributed by atoms with Gasteiger partial charge in [0.05, 0.1) is 11.2 Å². The lowest BCUT2D eigenvalue weighted by molar-refractivity contribution is 0.818. The minimum Gasteiger partial charge on any atom is -0.258 e. The highest BCUT2D eigenvalue weighted by molar-refractivity contribution is 5.78. The van der Waals surface area contributed by atoms with Gasteiger partial charge in [0.2, 0.25) is 0 Å². The molecule has 2 heterocycles. The van der Waals surface area contributed by atoms with Crippen LogP contribution in [0.2, 0.25) is 0 Å². The maximum atomic E-state index is 4.39. The van der Waals surface area contributed by atoms with Gasteiger partial charge in [-0.2, -0.15) is 0 Å². The summed E-state index contributed by atoms with van der Waals surface area (Å²) in [5.74, 6) is 0. The van der Waals surface area contributed by atoms with E-state index in [9.17, 15) is 0 Å². The summed E-state index contributed by atoms with van der Waals surface area (Å²) in [6.45, 7) is 8.18. The molecule has 3 aromatic rings. The minimum absolute atomic E-state index is 0.926. The molecular weight excluding hydrogens is 236 g/mol. The first kappa shape index (κ1) is 11.8. The van der Waals surface area contributed by atoms with Crippen molar-refractivity contribution < 1.29 is 0 Å². The highest BCUT2D eigenvalue weighted by Gasteiger charge is 2.09. The topological polar surface area (TPSA) is 43.6 Å². The molecule has 0 bridgehead atoms. The van der Waals surface area contributed by atoms with E-state index in [1.54, 1.807) is 0 Å². The Labute approximate surface area is 112 Å². The van der Waals surface area contributed by atoms with Gasteiger partial charge in [0, 0.05) is 11.4 Å². The van der Waals surface area contributed by atoms with Crippen molar-refractivity contribution in [3.63, 3.8) is 0 Å². The number of aromatic nitrogens is 4. The van der Waals surface area contributed by atoms with Crippen LogP contribution < -0.4 is 0 Å². The van der Waals surface area contributed by atoms with Crippen LogP contribution >= 0.6 is 0 Å². The normalized spacial score (nSPS) is 11.2. The van der Waals surface area contributed by atoms with Gasteiger partial charge in [0.15, 0.2) is 0 Å². The molecule has 0 aliphatic heterocycles. The van der Waals surface area contributed by atoms with E-state index < -0.39 is 0 Å².